The molecule has 0 aliphatic heterocycles. The highest BCUT2D eigenvalue weighted by atomic mass is 35.5. The molecule has 0 heterocycles. The molecule has 0 saturated carbocycles. The number of aryl methyl sites for hydroxylation is 1. The summed E-state index contributed by atoms with van der Waals surface area (Å²) in [6.45, 7) is 9.04. The lowest BCUT2D eigenvalue weighted by atomic mass is 9.96. The van der Waals surface area contributed by atoms with Gasteiger partial charge in [-0.25, -0.2) is 0 Å². The summed E-state index contributed by atoms with van der Waals surface area (Å²) in [5, 5.41) is 0.804. The number of rotatable bonds is 6. The lowest BCUT2D eigenvalue weighted by Crippen LogP contribution is -2.23. The average molecular weight is 257 g/mol. The Balaban J connectivity index is 2.80. The van der Waals surface area contributed by atoms with Crippen LogP contribution in [-0.2, 0) is 21.5 Å². The summed E-state index contributed by atoms with van der Waals surface area (Å²) in [4.78, 5) is 0. The number of halogens is 1. The summed E-state index contributed by atoms with van der Waals surface area (Å²) in [5.74, 6) is 0. The molecule has 1 aromatic rings. The van der Waals surface area contributed by atoms with Crippen molar-refractivity contribution >= 4 is 11.6 Å². The molecule has 17 heavy (non-hydrogen) atoms. The highest BCUT2D eigenvalue weighted by Gasteiger charge is 2.22. The number of hydrogen-bond donors (Lipinski definition) is 0. The van der Waals surface area contributed by atoms with Gasteiger partial charge >= 0.3 is 0 Å². The van der Waals surface area contributed by atoms with Crippen molar-refractivity contribution in [2.75, 3.05) is 13.4 Å². The van der Waals surface area contributed by atoms with E-state index in [2.05, 4.69) is 19.1 Å². The minimum atomic E-state index is -0.384. The third kappa shape index (κ3) is 3.98. The summed E-state index contributed by atoms with van der Waals surface area (Å²) in [7, 11) is 0. The smallest absolute Gasteiger partial charge is 0.147 e. The second kappa shape index (κ2) is 6.39. The topological polar surface area (TPSA) is 18.5 Å². The van der Waals surface area contributed by atoms with Gasteiger partial charge in [-0.15, -0.1) is 0 Å². The summed E-state index contributed by atoms with van der Waals surface area (Å²) in [6, 6.07) is 6.10. The molecule has 0 bridgehead atoms. The minimum Gasteiger partial charge on any atom is -0.356 e. The van der Waals surface area contributed by atoms with Gasteiger partial charge in [-0.3, -0.25) is 0 Å². The fraction of sp³-hybridized carbons (Fsp3) is 0.571. The van der Waals surface area contributed by atoms with Crippen molar-refractivity contribution < 1.29 is 9.47 Å². The first-order chi connectivity index (χ1) is 8.01. The number of benzene rings is 1. The summed E-state index contributed by atoms with van der Waals surface area (Å²) >= 11 is 6.21. The minimum absolute atomic E-state index is 0.302. The van der Waals surface area contributed by atoms with Crippen LogP contribution in [0.3, 0.4) is 0 Å². The van der Waals surface area contributed by atoms with Gasteiger partial charge in [-0.1, -0.05) is 30.7 Å². The Hall–Kier alpha value is -0.570. The molecule has 0 unspecified atom stereocenters. The van der Waals surface area contributed by atoms with E-state index in [1.165, 1.54) is 0 Å². The fourth-order valence-corrected chi connectivity index (χ4v) is 1.88. The fourth-order valence-electron chi connectivity index (χ4n) is 1.56. The van der Waals surface area contributed by atoms with Crippen LogP contribution in [0.2, 0.25) is 5.02 Å². The molecule has 3 heteroatoms. The van der Waals surface area contributed by atoms with E-state index < -0.39 is 0 Å². The van der Waals surface area contributed by atoms with Crippen molar-refractivity contribution in [3.8, 4) is 0 Å². The van der Waals surface area contributed by atoms with E-state index in [4.69, 9.17) is 21.1 Å². The van der Waals surface area contributed by atoms with Crippen LogP contribution in [0.4, 0.5) is 0 Å². The molecule has 0 atom stereocenters. The van der Waals surface area contributed by atoms with Crippen molar-refractivity contribution in [3.63, 3.8) is 0 Å². The quantitative estimate of drug-likeness (QED) is 0.562. The summed E-state index contributed by atoms with van der Waals surface area (Å²) < 4.78 is 10.9. The maximum absolute atomic E-state index is 6.21. The first-order valence-electron chi connectivity index (χ1n) is 6.01. The van der Waals surface area contributed by atoms with Crippen LogP contribution in [0, 0.1) is 0 Å². The van der Waals surface area contributed by atoms with Crippen LogP contribution < -0.4 is 0 Å². The van der Waals surface area contributed by atoms with Gasteiger partial charge in [0.25, 0.3) is 0 Å². The Bertz CT molecular complexity index is 361. The summed E-state index contributed by atoms with van der Waals surface area (Å²) in [6.07, 6.45) is 0.944. The van der Waals surface area contributed by atoms with E-state index in [-0.39, 0.29) is 5.60 Å². The van der Waals surface area contributed by atoms with Crippen molar-refractivity contribution in [2.24, 2.45) is 0 Å². The van der Waals surface area contributed by atoms with Crippen LogP contribution in [0.5, 0.6) is 0 Å². The van der Waals surface area contributed by atoms with Crippen LogP contribution in [0.15, 0.2) is 18.2 Å². The van der Waals surface area contributed by atoms with Crippen LogP contribution >= 0.6 is 11.6 Å². The molecular formula is C14H21ClO2. The van der Waals surface area contributed by atoms with Gasteiger partial charge in [0.1, 0.15) is 6.79 Å². The molecule has 0 amide bonds. The predicted octanol–water partition coefficient (Wildman–Crippen LogP) is 4.15. The number of hydrogen-bond acceptors (Lipinski definition) is 2. The van der Waals surface area contributed by atoms with Crippen molar-refractivity contribution in [2.45, 2.75) is 39.7 Å². The molecule has 1 aromatic carbocycles. The van der Waals surface area contributed by atoms with E-state index >= 15 is 0 Å². The Morgan fingerprint density at radius 1 is 1.24 bits per heavy atom. The maximum atomic E-state index is 6.21. The second-order valence-corrected chi connectivity index (χ2v) is 4.83. The molecule has 0 aliphatic carbocycles. The predicted molar refractivity (Wildman–Crippen MR) is 71.4 cm³/mol. The van der Waals surface area contributed by atoms with E-state index in [0.29, 0.717) is 13.4 Å². The molecule has 0 aromatic heterocycles. The Labute approximate surface area is 109 Å². The van der Waals surface area contributed by atoms with Gasteiger partial charge in [0.2, 0.25) is 0 Å². The van der Waals surface area contributed by atoms with Gasteiger partial charge in [0.05, 0.1) is 5.60 Å². The van der Waals surface area contributed by atoms with Gasteiger partial charge < -0.3 is 9.47 Å². The number of ether oxygens (including phenoxy) is 2. The largest absolute Gasteiger partial charge is 0.356 e. The lowest BCUT2D eigenvalue weighted by molar-refractivity contribution is -0.129. The standard InChI is InChI=1S/C14H21ClO2/c1-5-11-7-8-12(9-13(11)15)14(3,4)17-10-16-6-2/h7-9H,5-6,10H2,1-4H3. The SMILES string of the molecule is CCOCOC(C)(C)c1ccc(CC)c(Cl)c1. The molecule has 96 valence electrons. The van der Waals surface area contributed by atoms with Crippen LogP contribution in [0.25, 0.3) is 0 Å². The zero-order chi connectivity index (χ0) is 12.9. The molecule has 2 nitrogen and oxygen atoms in total. The Morgan fingerprint density at radius 2 is 1.94 bits per heavy atom. The van der Waals surface area contributed by atoms with E-state index in [9.17, 15) is 0 Å². The van der Waals surface area contributed by atoms with Crippen LogP contribution in [0.1, 0.15) is 38.8 Å². The van der Waals surface area contributed by atoms with Gasteiger partial charge in [-0.05, 0) is 44.4 Å². The zero-order valence-electron chi connectivity index (χ0n) is 11.0. The van der Waals surface area contributed by atoms with Crippen molar-refractivity contribution in [1.82, 2.24) is 0 Å². The van der Waals surface area contributed by atoms with E-state index in [1.807, 2.05) is 26.8 Å². The third-order valence-corrected chi connectivity index (χ3v) is 3.19. The third-order valence-electron chi connectivity index (χ3n) is 2.84. The van der Waals surface area contributed by atoms with Gasteiger partial charge in [-0.2, -0.15) is 0 Å². The molecule has 0 radical (unpaired) electrons. The molecule has 0 fully saturated rings. The monoisotopic (exact) mass is 256 g/mol. The highest BCUT2D eigenvalue weighted by molar-refractivity contribution is 6.31. The Kier molecular flexibility index (Phi) is 5.44. The molecule has 0 N–H and O–H groups in total. The normalized spacial score (nSPS) is 11.8. The van der Waals surface area contributed by atoms with E-state index in [1.54, 1.807) is 0 Å². The first kappa shape index (κ1) is 14.5. The van der Waals surface area contributed by atoms with Gasteiger partial charge in [0, 0.05) is 11.6 Å². The molecule has 0 spiro atoms. The zero-order valence-corrected chi connectivity index (χ0v) is 11.8. The van der Waals surface area contributed by atoms with E-state index in [0.717, 1.165) is 22.6 Å². The average Bonchev–Trinajstić information content (AvgIpc) is 2.29. The van der Waals surface area contributed by atoms with Crippen molar-refractivity contribution in [1.29, 1.82) is 0 Å². The molecule has 0 aliphatic rings. The highest BCUT2D eigenvalue weighted by Crippen LogP contribution is 2.28. The lowest BCUT2D eigenvalue weighted by Gasteiger charge is -2.26. The van der Waals surface area contributed by atoms with Crippen molar-refractivity contribution in [3.05, 3.63) is 34.3 Å². The maximum Gasteiger partial charge on any atom is 0.147 e. The Morgan fingerprint density at radius 3 is 2.47 bits per heavy atom. The molecule has 0 saturated heterocycles. The van der Waals surface area contributed by atoms with Gasteiger partial charge in [0.15, 0.2) is 0 Å². The molecule has 1 rings (SSSR count). The first-order valence-corrected chi connectivity index (χ1v) is 6.39. The van der Waals surface area contributed by atoms with Crippen LogP contribution in [-0.4, -0.2) is 13.4 Å². The molecular weight excluding hydrogens is 236 g/mol. The summed E-state index contributed by atoms with van der Waals surface area (Å²) in [5.41, 5.74) is 1.85. The second-order valence-electron chi connectivity index (χ2n) is 4.43.